The van der Waals surface area contributed by atoms with Crippen LogP contribution in [0.3, 0.4) is 0 Å². The van der Waals surface area contributed by atoms with Crippen molar-refractivity contribution < 1.29 is 0 Å². The summed E-state index contributed by atoms with van der Waals surface area (Å²) in [6, 6.07) is 0. The number of rotatable bonds is 19. The maximum absolute atomic E-state index is 2.65. The van der Waals surface area contributed by atoms with Gasteiger partial charge in [-0.3, -0.25) is 0 Å². The van der Waals surface area contributed by atoms with Crippen molar-refractivity contribution in [2.45, 2.75) is 136 Å². The molecule has 0 bridgehead atoms. The second kappa shape index (κ2) is 17.4. The fourth-order valence-corrected chi connectivity index (χ4v) is 4.24. The Morgan fingerprint density at radius 3 is 1.33 bits per heavy atom. The van der Waals surface area contributed by atoms with Gasteiger partial charge in [-0.05, 0) is 25.7 Å². The molecule has 1 rings (SSSR count). The molecule has 1 unspecified atom stereocenters. The molecule has 0 spiro atoms. The Balaban J connectivity index is 2.20. The van der Waals surface area contributed by atoms with E-state index < -0.39 is 0 Å². The molecule has 0 aromatic heterocycles. The molecule has 0 saturated heterocycles. The highest BCUT2D eigenvalue weighted by molar-refractivity contribution is 4.96. The third kappa shape index (κ3) is 11.7. The van der Waals surface area contributed by atoms with E-state index in [2.05, 4.69) is 43.0 Å². The van der Waals surface area contributed by atoms with Gasteiger partial charge in [0, 0.05) is 25.5 Å². The van der Waals surface area contributed by atoms with Crippen LogP contribution in [0.15, 0.2) is 12.4 Å². The summed E-state index contributed by atoms with van der Waals surface area (Å²) in [6.07, 6.45) is 29.1. The van der Waals surface area contributed by atoms with E-state index in [-0.39, 0.29) is 0 Å². The Labute approximate surface area is 171 Å². The lowest BCUT2D eigenvalue weighted by Crippen LogP contribution is -2.39. The molecule has 27 heavy (non-hydrogen) atoms. The van der Waals surface area contributed by atoms with Crippen molar-refractivity contribution in [1.29, 1.82) is 0 Å². The molecule has 0 aromatic carbocycles. The second-order valence-electron chi connectivity index (χ2n) is 8.64. The summed E-state index contributed by atoms with van der Waals surface area (Å²) in [5.74, 6) is 0. The van der Waals surface area contributed by atoms with Crippen molar-refractivity contribution in [1.82, 2.24) is 9.80 Å². The highest BCUT2D eigenvalue weighted by Gasteiger charge is 2.24. The molecule has 0 radical (unpaired) electrons. The normalized spacial score (nSPS) is 16.6. The van der Waals surface area contributed by atoms with Crippen LogP contribution in [0.1, 0.15) is 130 Å². The average molecular weight is 379 g/mol. The minimum Gasteiger partial charge on any atom is -0.356 e. The molecule has 160 valence electrons. The molecule has 0 aliphatic carbocycles. The van der Waals surface area contributed by atoms with Crippen molar-refractivity contribution in [3.63, 3.8) is 0 Å². The van der Waals surface area contributed by atoms with Crippen molar-refractivity contribution >= 4 is 0 Å². The maximum atomic E-state index is 2.65. The molecule has 0 saturated carbocycles. The van der Waals surface area contributed by atoms with Crippen LogP contribution in [0, 0.1) is 0 Å². The van der Waals surface area contributed by atoms with Gasteiger partial charge in [0.1, 0.15) is 6.17 Å². The van der Waals surface area contributed by atoms with Gasteiger partial charge in [0.15, 0.2) is 0 Å². The van der Waals surface area contributed by atoms with E-state index in [9.17, 15) is 0 Å². The standard InChI is InChI=1S/C25H50N2/c1-4-7-10-12-13-14-15-16-19-22-27-24-23-26(21-18-11-8-5-2)25(27)20-17-9-6-3/h23-25H,4-22H2,1-3H3. The SMILES string of the molecule is CCCCCCCCCCCN1C=CN(CCCCCC)C1CCCCC. The van der Waals surface area contributed by atoms with Crippen molar-refractivity contribution in [2.24, 2.45) is 0 Å². The molecule has 1 aliphatic rings. The lowest BCUT2D eigenvalue weighted by atomic mass is 10.1. The van der Waals surface area contributed by atoms with Crippen LogP contribution >= 0.6 is 0 Å². The van der Waals surface area contributed by atoms with E-state index in [1.54, 1.807) is 0 Å². The van der Waals surface area contributed by atoms with Crippen LogP contribution in [-0.4, -0.2) is 29.1 Å². The van der Waals surface area contributed by atoms with Gasteiger partial charge in [-0.2, -0.15) is 0 Å². The van der Waals surface area contributed by atoms with Crippen LogP contribution in [-0.2, 0) is 0 Å². The van der Waals surface area contributed by atoms with E-state index in [1.807, 2.05) is 0 Å². The average Bonchev–Trinajstić information content (AvgIpc) is 3.06. The molecule has 1 aliphatic heterocycles. The molecular weight excluding hydrogens is 328 g/mol. The van der Waals surface area contributed by atoms with E-state index in [4.69, 9.17) is 0 Å². The molecule has 2 nitrogen and oxygen atoms in total. The molecule has 0 fully saturated rings. The van der Waals surface area contributed by atoms with Crippen LogP contribution in [0.5, 0.6) is 0 Å². The van der Waals surface area contributed by atoms with E-state index in [0.29, 0.717) is 6.17 Å². The van der Waals surface area contributed by atoms with Crippen LogP contribution < -0.4 is 0 Å². The summed E-state index contributed by atoms with van der Waals surface area (Å²) in [7, 11) is 0. The Morgan fingerprint density at radius 1 is 0.481 bits per heavy atom. The maximum Gasteiger partial charge on any atom is 0.101 e. The topological polar surface area (TPSA) is 6.48 Å². The molecule has 1 atom stereocenters. The van der Waals surface area contributed by atoms with Gasteiger partial charge in [0.05, 0.1) is 0 Å². The summed E-state index contributed by atoms with van der Waals surface area (Å²) in [5.41, 5.74) is 0. The summed E-state index contributed by atoms with van der Waals surface area (Å²) in [5, 5.41) is 0. The van der Waals surface area contributed by atoms with Gasteiger partial charge >= 0.3 is 0 Å². The Bertz CT molecular complexity index is 339. The van der Waals surface area contributed by atoms with Crippen molar-refractivity contribution in [3.05, 3.63) is 12.4 Å². The Morgan fingerprint density at radius 2 is 0.852 bits per heavy atom. The largest absolute Gasteiger partial charge is 0.356 e. The molecule has 2 heteroatoms. The Kier molecular flexibility index (Phi) is 15.7. The number of nitrogens with zero attached hydrogens (tertiary/aromatic N) is 2. The van der Waals surface area contributed by atoms with Crippen LogP contribution in [0.2, 0.25) is 0 Å². The van der Waals surface area contributed by atoms with Gasteiger partial charge in [0.2, 0.25) is 0 Å². The predicted octanol–water partition coefficient (Wildman–Crippen LogP) is 8.09. The zero-order chi connectivity index (χ0) is 19.6. The van der Waals surface area contributed by atoms with Crippen LogP contribution in [0.4, 0.5) is 0 Å². The van der Waals surface area contributed by atoms with Gasteiger partial charge in [0.25, 0.3) is 0 Å². The molecule has 0 aromatic rings. The summed E-state index contributed by atoms with van der Waals surface area (Å²) in [6.45, 7) is 9.43. The van der Waals surface area contributed by atoms with Gasteiger partial charge in [-0.25, -0.2) is 0 Å². The minimum absolute atomic E-state index is 0.646. The Hall–Kier alpha value is -0.660. The zero-order valence-electron chi connectivity index (χ0n) is 19.1. The predicted molar refractivity (Wildman–Crippen MR) is 122 cm³/mol. The highest BCUT2D eigenvalue weighted by Crippen LogP contribution is 2.23. The lowest BCUT2D eigenvalue weighted by Gasteiger charge is -2.33. The van der Waals surface area contributed by atoms with E-state index >= 15 is 0 Å². The molecule has 1 heterocycles. The van der Waals surface area contributed by atoms with Crippen molar-refractivity contribution in [2.75, 3.05) is 13.1 Å². The zero-order valence-corrected chi connectivity index (χ0v) is 19.1. The van der Waals surface area contributed by atoms with E-state index in [0.717, 1.165) is 0 Å². The van der Waals surface area contributed by atoms with Gasteiger partial charge < -0.3 is 9.80 Å². The summed E-state index contributed by atoms with van der Waals surface area (Å²) >= 11 is 0. The second-order valence-corrected chi connectivity index (χ2v) is 8.64. The number of hydrogen-bond donors (Lipinski definition) is 0. The lowest BCUT2D eigenvalue weighted by molar-refractivity contribution is 0.136. The minimum atomic E-state index is 0.646. The number of hydrogen-bond acceptors (Lipinski definition) is 2. The summed E-state index contributed by atoms with van der Waals surface area (Å²) in [4.78, 5) is 5.29. The first-order chi connectivity index (χ1) is 13.3. The van der Waals surface area contributed by atoms with E-state index in [1.165, 1.54) is 122 Å². The number of unbranched alkanes of at least 4 members (excludes halogenated alkanes) is 13. The van der Waals surface area contributed by atoms with Gasteiger partial charge in [-0.1, -0.05) is 104 Å². The first kappa shape index (κ1) is 24.4. The first-order valence-corrected chi connectivity index (χ1v) is 12.5. The smallest absolute Gasteiger partial charge is 0.101 e. The third-order valence-corrected chi connectivity index (χ3v) is 6.07. The first-order valence-electron chi connectivity index (χ1n) is 12.5. The molecule has 0 N–H and O–H groups in total. The fraction of sp³-hybridized carbons (Fsp3) is 0.920. The van der Waals surface area contributed by atoms with Crippen LogP contribution in [0.25, 0.3) is 0 Å². The quantitative estimate of drug-likeness (QED) is 0.209. The molecular formula is C25H50N2. The molecule has 0 amide bonds. The third-order valence-electron chi connectivity index (χ3n) is 6.07. The summed E-state index contributed by atoms with van der Waals surface area (Å²) < 4.78 is 0. The van der Waals surface area contributed by atoms with Crippen molar-refractivity contribution in [3.8, 4) is 0 Å². The fourth-order valence-electron chi connectivity index (χ4n) is 4.24. The monoisotopic (exact) mass is 378 g/mol. The highest BCUT2D eigenvalue weighted by atomic mass is 15.4. The van der Waals surface area contributed by atoms with Gasteiger partial charge in [-0.15, -0.1) is 0 Å².